The van der Waals surface area contributed by atoms with E-state index in [1.807, 2.05) is 0 Å². The molecule has 84 valence electrons. The van der Waals surface area contributed by atoms with Crippen LogP contribution in [0.5, 0.6) is 0 Å². The minimum atomic E-state index is 0.515. The maximum atomic E-state index is 5.79. The molecule has 0 saturated heterocycles. The predicted molar refractivity (Wildman–Crippen MR) is 67.2 cm³/mol. The van der Waals surface area contributed by atoms with E-state index in [0.717, 1.165) is 6.54 Å². The number of aryl methyl sites for hydroxylation is 1. The van der Waals surface area contributed by atoms with Crippen LogP contribution in [-0.4, -0.2) is 12.6 Å². The molecule has 0 atom stereocenters. The van der Waals surface area contributed by atoms with Gasteiger partial charge < -0.3 is 10.6 Å². The van der Waals surface area contributed by atoms with E-state index in [4.69, 9.17) is 5.73 Å². The van der Waals surface area contributed by atoms with Crippen molar-refractivity contribution < 1.29 is 0 Å². The summed E-state index contributed by atoms with van der Waals surface area (Å²) in [5.74, 6) is 0. The third-order valence-corrected chi connectivity index (χ3v) is 2.79. The first kappa shape index (κ1) is 12.1. The summed E-state index contributed by atoms with van der Waals surface area (Å²) >= 11 is 0. The van der Waals surface area contributed by atoms with Crippen molar-refractivity contribution in [2.45, 2.75) is 40.3 Å². The van der Waals surface area contributed by atoms with E-state index < -0.39 is 0 Å². The number of anilines is 1. The zero-order valence-electron chi connectivity index (χ0n) is 10.2. The van der Waals surface area contributed by atoms with Gasteiger partial charge in [0.15, 0.2) is 0 Å². The van der Waals surface area contributed by atoms with Gasteiger partial charge in [-0.15, -0.1) is 0 Å². The highest BCUT2D eigenvalue weighted by Gasteiger charge is 2.13. The van der Waals surface area contributed by atoms with Gasteiger partial charge in [0.25, 0.3) is 0 Å². The third-order valence-electron chi connectivity index (χ3n) is 2.79. The van der Waals surface area contributed by atoms with Gasteiger partial charge in [-0.25, -0.2) is 0 Å². The maximum absolute atomic E-state index is 5.79. The summed E-state index contributed by atoms with van der Waals surface area (Å²) in [5.41, 5.74) is 9.66. The second kappa shape index (κ2) is 5.17. The maximum Gasteiger partial charge on any atom is 0.0443 e. The molecule has 0 aliphatic carbocycles. The van der Waals surface area contributed by atoms with E-state index in [9.17, 15) is 0 Å². The lowest BCUT2D eigenvalue weighted by Gasteiger charge is -2.31. The first-order valence-corrected chi connectivity index (χ1v) is 5.67. The molecule has 1 rings (SSSR count). The van der Waals surface area contributed by atoms with Crippen molar-refractivity contribution >= 4 is 5.69 Å². The first-order chi connectivity index (χ1) is 7.11. The third kappa shape index (κ3) is 2.51. The molecule has 0 aliphatic rings. The molecule has 2 N–H and O–H groups in total. The van der Waals surface area contributed by atoms with Gasteiger partial charge in [0, 0.05) is 24.8 Å². The fourth-order valence-corrected chi connectivity index (χ4v) is 2.08. The average molecular weight is 206 g/mol. The SMILES string of the molecule is CCN(c1c(C)cccc1CN)C(C)C. The number of nitrogens with zero attached hydrogens (tertiary/aromatic N) is 1. The molecule has 15 heavy (non-hydrogen) atoms. The van der Waals surface area contributed by atoms with Crippen molar-refractivity contribution in [3.63, 3.8) is 0 Å². The van der Waals surface area contributed by atoms with E-state index >= 15 is 0 Å². The van der Waals surface area contributed by atoms with Crippen LogP contribution in [0, 0.1) is 6.92 Å². The number of benzene rings is 1. The van der Waals surface area contributed by atoms with E-state index in [0.29, 0.717) is 12.6 Å². The highest BCUT2D eigenvalue weighted by atomic mass is 15.1. The van der Waals surface area contributed by atoms with Crippen LogP contribution in [0.3, 0.4) is 0 Å². The monoisotopic (exact) mass is 206 g/mol. The summed E-state index contributed by atoms with van der Waals surface area (Å²) < 4.78 is 0. The highest BCUT2D eigenvalue weighted by Crippen LogP contribution is 2.26. The predicted octanol–water partition coefficient (Wildman–Crippen LogP) is 2.69. The molecule has 0 saturated carbocycles. The Kier molecular flexibility index (Phi) is 4.15. The van der Waals surface area contributed by atoms with Gasteiger partial charge in [-0.3, -0.25) is 0 Å². The lowest BCUT2D eigenvalue weighted by Crippen LogP contribution is -2.32. The smallest absolute Gasteiger partial charge is 0.0443 e. The van der Waals surface area contributed by atoms with Crippen LogP contribution in [0.25, 0.3) is 0 Å². The minimum Gasteiger partial charge on any atom is -0.369 e. The summed E-state index contributed by atoms with van der Waals surface area (Å²) in [4.78, 5) is 2.40. The second-order valence-corrected chi connectivity index (χ2v) is 4.17. The van der Waals surface area contributed by atoms with Crippen molar-refractivity contribution in [3.8, 4) is 0 Å². The topological polar surface area (TPSA) is 29.3 Å². The van der Waals surface area contributed by atoms with E-state index in [2.05, 4.69) is 50.8 Å². The van der Waals surface area contributed by atoms with Gasteiger partial charge in [-0.1, -0.05) is 18.2 Å². The van der Waals surface area contributed by atoms with Crippen LogP contribution in [0.4, 0.5) is 5.69 Å². The molecule has 0 heterocycles. The lowest BCUT2D eigenvalue weighted by molar-refractivity contribution is 0.697. The minimum absolute atomic E-state index is 0.515. The van der Waals surface area contributed by atoms with Crippen molar-refractivity contribution in [3.05, 3.63) is 29.3 Å². The van der Waals surface area contributed by atoms with Gasteiger partial charge in [0.2, 0.25) is 0 Å². The molecule has 0 aromatic heterocycles. The van der Waals surface area contributed by atoms with Crippen molar-refractivity contribution in [2.24, 2.45) is 5.73 Å². The molecule has 0 aliphatic heterocycles. The fraction of sp³-hybridized carbons (Fsp3) is 0.538. The van der Waals surface area contributed by atoms with Crippen LogP contribution >= 0.6 is 0 Å². The number of para-hydroxylation sites is 1. The zero-order valence-corrected chi connectivity index (χ0v) is 10.2. The Morgan fingerprint density at radius 3 is 2.47 bits per heavy atom. The average Bonchev–Trinajstić information content (AvgIpc) is 2.21. The number of rotatable bonds is 4. The largest absolute Gasteiger partial charge is 0.369 e. The van der Waals surface area contributed by atoms with Crippen LogP contribution in [0.2, 0.25) is 0 Å². The van der Waals surface area contributed by atoms with Gasteiger partial charge in [-0.2, -0.15) is 0 Å². The molecule has 1 aromatic carbocycles. The van der Waals surface area contributed by atoms with Crippen molar-refractivity contribution in [1.29, 1.82) is 0 Å². The molecular weight excluding hydrogens is 184 g/mol. The van der Waals surface area contributed by atoms with E-state index in [1.165, 1.54) is 16.8 Å². The Hall–Kier alpha value is -1.02. The van der Waals surface area contributed by atoms with Crippen molar-refractivity contribution in [2.75, 3.05) is 11.4 Å². The van der Waals surface area contributed by atoms with Gasteiger partial charge >= 0.3 is 0 Å². The summed E-state index contributed by atoms with van der Waals surface area (Å²) in [5, 5.41) is 0. The van der Waals surface area contributed by atoms with Crippen LogP contribution in [-0.2, 0) is 6.54 Å². The Morgan fingerprint density at radius 1 is 1.33 bits per heavy atom. The second-order valence-electron chi connectivity index (χ2n) is 4.17. The summed E-state index contributed by atoms with van der Waals surface area (Å²) in [6.45, 7) is 10.4. The van der Waals surface area contributed by atoms with Gasteiger partial charge in [0.1, 0.15) is 0 Å². The molecule has 2 nitrogen and oxygen atoms in total. The summed E-state index contributed by atoms with van der Waals surface area (Å²) in [7, 11) is 0. The van der Waals surface area contributed by atoms with E-state index in [1.54, 1.807) is 0 Å². The molecule has 0 spiro atoms. The quantitative estimate of drug-likeness (QED) is 0.820. The molecule has 0 radical (unpaired) electrons. The molecule has 0 bridgehead atoms. The van der Waals surface area contributed by atoms with Gasteiger partial charge in [-0.05, 0) is 38.8 Å². The standard InChI is InChI=1S/C13H22N2/c1-5-15(10(2)3)13-11(4)7-6-8-12(13)9-14/h6-8,10H,5,9,14H2,1-4H3. The summed E-state index contributed by atoms with van der Waals surface area (Å²) in [6, 6.07) is 6.86. The van der Waals surface area contributed by atoms with Gasteiger partial charge in [0.05, 0.1) is 0 Å². The first-order valence-electron chi connectivity index (χ1n) is 5.67. The van der Waals surface area contributed by atoms with Crippen molar-refractivity contribution in [1.82, 2.24) is 0 Å². The van der Waals surface area contributed by atoms with Crippen LogP contribution in [0.1, 0.15) is 31.9 Å². The number of nitrogens with two attached hydrogens (primary N) is 1. The highest BCUT2D eigenvalue weighted by molar-refractivity contribution is 5.59. The molecule has 1 aromatic rings. The van der Waals surface area contributed by atoms with Crippen LogP contribution < -0.4 is 10.6 Å². The molecule has 0 unspecified atom stereocenters. The Labute approximate surface area is 93.1 Å². The zero-order chi connectivity index (χ0) is 11.4. The molecule has 0 fully saturated rings. The number of hydrogen-bond acceptors (Lipinski definition) is 2. The Bertz CT molecular complexity index is 318. The van der Waals surface area contributed by atoms with E-state index in [-0.39, 0.29) is 0 Å². The lowest BCUT2D eigenvalue weighted by atomic mass is 10.1. The number of hydrogen-bond donors (Lipinski definition) is 1. The molecule has 2 heteroatoms. The van der Waals surface area contributed by atoms with Crippen LogP contribution in [0.15, 0.2) is 18.2 Å². The Morgan fingerprint density at radius 2 is 2.00 bits per heavy atom. The summed E-state index contributed by atoms with van der Waals surface area (Å²) in [6.07, 6.45) is 0. The molecular formula is C13H22N2. The Balaban J connectivity index is 3.20. The normalized spacial score (nSPS) is 10.8. The molecule has 0 amide bonds. The fourth-order valence-electron chi connectivity index (χ4n) is 2.08.